The predicted octanol–water partition coefficient (Wildman–Crippen LogP) is 4.17. The van der Waals surface area contributed by atoms with Crippen LogP contribution in [0.25, 0.3) is 0 Å². The quantitative estimate of drug-likeness (QED) is 0.647. The summed E-state index contributed by atoms with van der Waals surface area (Å²) in [6.07, 6.45) is 3.07. The molecule has 0 aliphatic carbocycles. The molecule has 2 heterocycles. The molecule has 0 saturated carbocycles. The lowest BCUT2D eigenvalue weighted by atomic mass is 10.1. The van der Waals surface area contributed by atoms with Gasteiger partial charge < -0.3 is 14.2 Å². The van der Waals surface area contributed by atoms with E-state index in [1.54, 1.807) is 6.26 Å². The van der Waals surface area contributed by atoms with Crippen LogP contribution in [0, 0.1) is 0 Å². The normalized spacial score (nSPS) is 12.5. The van der Waals surface area contributed by atoms with E-state index in [-0.39, 0.29) is 18.0 Å². The summed E-state index contributed by atoms with van der Waals surface area (Å²) < 4.78 is 11.1. The van der Waals surface area contributed by atoms with Crippen molar-refractivity contribution in [3.63, 3.8) is 0 Å². The molecular weight excluding hydrogens is 342 g/mol. The molecule has 27 heavy (non-hydrogen) atoms. The number of furan rings is 1. The highest BCUT2D eigenvalue weighted by Gasteiger charge is 2.21. The Morgan fingerprint density at radius 1 is 1.07 bits per heavy atom. The van der Waals surface area contributed by atoms with Gasteiger partial charge in [-0.3, -0.25) is 9.69 Å². The van der Waals surface area contributed by atoms with Crippen LogP contribution in [0.5, 0.6) is 0 Å². The number of carbonyl (C=O) groups is 1. The van der Waals surface area contributed by atoms with Crippen LogP contribution in [0.15, 0.2) is 63.8 Å². The average Bonchev–Trinajstić information content (AvgIpc) is 3.33. The van der Waals surface area contributed by atoms with Crippen molar-refractivity contribution in [2.24, 2.45) is 0 Å². The molecule has 1 amide bonds. The Morgan fingerprint density at radius 3 is 2.52 bits per heavy atom. The number of benzene rings is 1. The van der Waals surface area contributed by atoms with Crippen molar-refractivity contribution in [1.82, 2.24) is 15.2 Å². The topological polar surface area (TPSA) is 71.5 Å². The Morgan fingerprint density at radius 2 is 1.85 bits per heavy atom. The van der Waals surface area contributed by atoms with Crippen molar-refractivity contribution in [3.8, 4) is 0 Å². The fraction of sp³-hybridized carbons (Fsp3) is 0.333. The summed E-state index contributed by atoms with van der Waals surface area (Å²) in [5.74, 6) is 1.13. The Hall–Kier alpha value is -2.86. The summed E-state index contributed by atoms with van der Waals surface area (Å²) in [4.78, 5) is 18.7. The first-order chi connectivity index (χ1) is 13.0. The van der Waals surface area contributed by atoms with Gasteiger partial charge in [-0.25, -0.2) is 4.98 Å². The van der Waals surface area contributed by atoms with Gasteiger partial charge in [-0.05, 0) is 38.5 Å². The van der Waals surface area contributed by atoms with Crippen molar-refractivity contribution in [2.75, 3.05) is 0 Å². The van der Waals surface area contributed by atoms with Crippen LogP contribution in [-0.4, -0.2) is 21.8 Å². The van der Waals surface area contributed by atoms with E-state index in [2.05, 4.69) is 34.3 Å². The molecule has 0 aliphatic heterocycles. The number of amides is 1. The van der Waals surface area contributed by atoms with Gasteiger partial charge in [-0.1, -0.05) is 30.3 Å². The molecule has 0 fully saturated rings. The molecular formula is C21H25N3O3. The third-order valence-corrected chi connectivity index (χ3v) is 4.31. The Labute approximate surface area is 159 Å². The minimum Gasteiger partial charge on any atom is -0.468 e. The van der Waals surface area contributed by atoms with E-state index >= 15 is 0 Å². The monoisotopic (exact) mass is 367 g/mol. The second kappa shape index (κ2) is 8.68. The Kier molecular flexibility index (Phi) is 6.08. The van der Waals surface area contributed by atoms with Crippen LogP contribution in [-0.2, 0) is 13.1 Å². The number of nitrogens with one attached hydrogen (secondary N) is 1. The Bertz CT molecular complexity index is 841. The summed E-state index contributed by atoms with van der Waals surface area (Å²) >= 11 is 0. The second-order valence-electron chi connectivity index (χ2n) is 6.83. The van der Waals surface area contributed by atoms with Gasteiger partial charge >= 0.3 is 0 Å². The van der Waals surface area contributed by atoms with E-state index in [9.17, 15) is 4.79 Å². The van der Waals surface area contributed by atoms with Crippen LogP contribution in [0.2, 0.25) is 0 Å². The van der Waals surface area contributed by atoms with Crippen LogP contribution in [0.4, 0.5) is 0 Å². The smallest absolute Gasteiger partial charge is 0.273 e. The van der Waals surface area contributed by atoms with E-state index in [4.69, 9.17) is 8.83 Å². The van der Waals surface area contributed by atoms with Crippen molar-refractivity contribution in [2.45, 2.75) is 45.9 Å². The Balaban J connectivity index is 1.77. The van der Waals surface area contributed by atoms with Gasteiger partial charge in [0.2, 0.25) is 5.89 Å². The summed E-state index contributed by atoms with van der Waals surface area (Å²) in [6, 6.07) is 14.2. The first-order valence-corrected chi connectivity index (χ1v) is 9.09. The molecule has 6 nitrogen and oxygen atoms in total. The maximum Gasteiger partial charge on any atom is 0.273 e. The molecule has 1 atom stereocenters. The molecule has 0 spiro atoms. The van der Waals surface area contributed by atoms with Crippen molar-refractivity contribution >= 4 is 5.91 Å². The van der Waals surface area contributed by atoms with Crippen LogP contribution < -0.4 is 5.32 Å². The molecule has 0 saturated heterocycles. The number of nitrogens with zero attached hydrogens (tertiary/aromatic N) is 2. The lowest BCUT2D eigenvalue weighted by molar-refractivity contribution is 0.0938. The first-order valence-electron chi connectivity index (χ1n) is 9.09. The molecule has 3 rings (SSSR count). The zero-order valence-corrected chi connectivity index (χ0v) is 15.9. The minimum absolute atomic E-state index is 0.0474. The molecule has 2 aromatic heterocycles. The number of hydrogen-bond acceptors (Lipinski definition) is 5. The predicted molar refractivity (Wildman–Crippen MR) is 102 cm³/mol. The fourth-order valence-corrected chi connectivity index (χ4v) is 2.87. The second-order valence-corrected chi connectivity index (χ2v) is 6.83. The molecule has 3 aromatic rings. The summed E-state index contributed by atoms with van der Waals surface area (Å²) in [7, 11) is 0. The number of hydrogen-bond donors (Lipinski definition) is 1. The largest absolute Gasteiger partial charge is 0.468 e. The molecule has 6 heteroatoms. The number of oxazole rings is 1. The molecule has 1 aromatic carbocycles. The maximum atomic E-state index is 12.1. The number of rotatable bonds is 8. The van der Waals surface area contributed by atoms with Gasteiger partial charge in [0, 0.05) is 12.1 Å². The van der Waals surface area contributed by atoms with Crippen molar-refractivity contribution in [3.05, 3.63) is 77.9 Å². The van der Waals surface area contributed by atoms with Crippen LogP contribution in [0.3, 0.4) is 0 Å². The van der Waals surface area contributed by atoms with Crippen LogP contribution in [0.1, 0.15) is 54.5 Å². The summed E-state index contributed by atoms with van der Waals surface area (Å²) in [6.45, 7) is 7.02. The van der Waals surface area contributed by atoms with Gasteiger partial charge in [0.1, 0.15) is 12.0 Å². The molecule has 142 valence electrons. The molecule has 1 N–H and O–H groups in total. The van der Waals surface area contributed by atoms with Gasteiger partial charge in [0.05, 0.1) is 19.4 Å². The summed E-state index contributed by atoms with van der Waals surface area (Å²) in [5, 5.41) is 2.82. The average molecular weight is 367 g/mol. The van der Waals surface area contributed by atoms with Crippen molar-refractivity contribution < 1.29 is 13.6 Å². The van der Waals surface area contributed by atoms with E-state index in [1.165, 1.54) is 11.8 Å². The molecule has 0 unspecified atom stereocenters. The third kappa shape index (κ3) is 5.08. The third-order valence-electron chi connectivity index (χ3n) is 4.31. The lowest BCUT2D eigenvalue weighted by Crippen LogP contribution is -2.30. The van der Waals surface area contributed by atoms with E-state index < -0.39 is 0 Å². The van der Waals surface area contributed by atoms with Gasteiger partial charge in [0.15, 0.2) is 5.69 Å². The fourth-order valence-electron chi connectivity index (χ4n) is 2.87. The number of carbonyl (C=O) groups excluding carboxylic acids is 1. The highest BCUT2D eigenvalue weighted by molar-refractivity contribution is 5.92. The minimum atomic E-state index is -0.228. The van der Waals surface area contributed by atoms with Gasteiger partial charge in [0.25, 0.3) is 5.91 Å². The zero-order chi connectivity index (χ0) is 19.2. The lowest BCUT2D eigenvalue weighted by Gasteiger charge is -2.27. The van der Waals surface area contributed by atoms with Gasteiger partial charge in [-0.15, -0.1) is 0 Å². The van der Waals surface area contributed by atoms with E-state index in [0.717, 1.165) is 5.76 Å². The highest BCUT2D eigenvalue weighted by Crippen LogP contribution is 2.24. The highest BCUT2D eigenvalue weighted by atomic mass is 16.3. The summed E-state index contributed by atoms with van der Waals surface area (Å²) in [5.41, 5.74) is 1.48. The van der Waals surface area contributed by atoms with Crippen molar-refractivity contribution in [1.29, 1.82) is 0 Å². The zero-order valence-electron chi connectivity index (χ0n) is 15.9. The van der Waals surface area contributed by atoms with E-state index in [1.807, 2.05) is 44.2 Å². The van der Waals surface area contributed by atoms with Gasteiger partial charge in [-0.2, -0.15) is 0 Å². The first kappa shape index (κ1) is 18.9. The molecule has 0 bridgehead atoms. The standard InChI is InChI=1S/C21H25N3O3/c1-15(2)22-21(25)19-14-27-20(23-19)13-24(12-18-10-7-11-26-18)16(3)17-8-5-4-6-9-17/h4-11,14-16H,12-13H2,1-3H3,(H,22,25)/t16-/m0/s1. The van der Waals surface area contributed by atoms with Crippen LogP contribution >= 0.6 is 0 Å². The molecule has 0 radical (unpaired) electrons. The molecule has 0 aliphatic rings. The number of aromatic nitrogens is 1. The van der Waals surface area contributed by atoms with E-state index in [0.29, 0.717) is 24.7 Å². The SMILES string of the molecule is CC(C)NC(=O)c1coc(CN(Cc2ccco2)[C@@H](C)c2ccccc2)n1. The maximum absolute atomic E-state index is 12.1.